The van der Waals surface area contributed by atoms with Gasteiger partial charge in [0.05, 0.1) is 25.0 Å². The molecule has 0 heterocycles. The molecule has 0 fully saturated rings. The van der Waals surface area contributed by atoms with Crippen molar-refractivity contribution in [2.75, 3.05) is 13.1 Å². The van der Waals surface area contributed by atoms with Gasteiger partial charge in [-0.25, -0.2) is 0 Å². The third kappa shape index (κ3) is 9.05. The fraction of sp³-hybridized carbons (Fsp3) is 0.800. The number of aliphatic carboxylic acids is 2. The Kier molecular flexibility index (Phi) is 8.86. The molecule has 0 spiro atoms. The Morgan fingerprint density at radius 2 is 1.04 bits per heavy atom. The van der Waals surface area contributed by atoms with Gasteiger partial charge in [0.2, 0.25) is 0 Å². The maximum Gasteiger partial charge on any atom is 0.306 e. The van der Waals surface area contributed by atoms with Crippen LogP contribution in [0.4, 0.5) is 0 Å². The van der Waals surface area contributed by atoms with E-state index in [9.17, 15) is 36.6 Å². The van der Waals surface area contributed by atoms with E-state index < -0.39 is 80.8 Å². The Morgan fingerprint density at radius 3 is 1.24 bits per heavy atom. The van der Waals surface area contributed by atoms with Crippen LogP contribution in [-0.4, -0.2) is 94.1 Å². The van der Waals surface area contributed by atoms with E-state index in [0.29, 0.717) is 0 Å². The minimum atomic E-state index is -4.93. The highest BCUT2D eigenvalue weighted by Crippen LogP contribution is 2.11. The molecule has 0 aromatic rings. The molecule has 4 atom stereocenters. The number of carboxylic acid groups (broad SMARTS) is 2. The standard InChI is InChI=1S/C10H19NO12S2/c12-5(1-9(14)15)7(24(18,19)20)3-11-4-8(25(21,22)23)6(13)2-10(16)17/h5-8,11-13H,1-4H2,(H,14,15)(H,16,17)(H,18,19,20)(H,21,22,23). The molecule has 0 aliphatic rings. The molecule has 0 saturated carbocycles. The Bertz CT molecular complexity index is 614. The second-order valence-corrected chi connectivity index (χ2v) is 8.37. The average Bonchev–Trinajstić information content (AvgIpc) is 2.32. The van der Waals surface area contributed by atoms with E-state index >= 15 is 0 Å². The molecule has 0 rings (SSSR count). The molecule has 4 unspecified atom stereocenters. The van der Waals surface area contributed by atoms with Crippen molar-refractivity contribution in [3.63, 3.8) is 0 Å². The Balaban J connectivity index is 5.08. The minimum absolute atomic E-state index is 0.834. The summed E-state index contributed by atoms with van der Waals surface area (Å²) in [4.78, 5) is 21.0. The van der Waals surface area contributed by atoms with E-state index in [1.54, 1.807) is 0 Å². The molecule has 0 aromatic heterocycles. The lowest BCUT2D eigenvalue weighted by atomic mass is 10.1. The van der Waals surface area contributed by atoms with Crippen LogP contribution in [-0.2, 0) is 29.8 Å². The first-order valence-corrected chi connectivity index (χ1v) is 9.60. The molecule has 13 nitrogen and oxygen atoms in total. The van der Waals surface area contributed by atoms with Crippen LogP contribution in [0, 0.1) is 0 Å². The van der Waals surface area contributed by atoms with Crippen LogP contribution in [0.15, 0.2) is 0 Å². The molecular weight excluding hydrogens is 390 g/mol. The zero-order valence-corrected chi connectivity index (χ0v) is 14.2. The molecular formula is C10H19NO12S2. The molecule has 0 aromatic carbocycles. The fourth-order valence-corrected chi connectivity index (χ4v) is 3.51. The molecule has 0 amide bonds. The number of carbonyl (C=O) groups is 2. The second-order valence-electron chi connectivity index (χ2n) is 5.10. The molecule has 0 radical (unpaired) electrons. The van der Waals surface area contributed by atoms with Gasteiger partial charge >= 0.3 is 11.9 Å². The van der Waals surface area contributed by atoms with Gasteiger partial charge in [0, 0.05) is 13.1 Å². The van der Waals surface area contributed by atoms with E-state index in [1.165, 1.54) is 0 Å². The summed E-state index contributed by atoms with van der Waals surface area (Å²) in [5.41, 5.74) is 0. The van der Waals surface area contributed by atoms with Crippen LogP contribution in [0.1, 0.15) is 12.8 Å². The fourth-order valence-electron chi connectivity index (χ4n) is 1.87. The number of carboxylic acids is 2. The van der Waals surface area contributed by atoms with Crippen molar-refractivity contribution in [2.24, 2.45) is 0 Å². The summed E-state index contributed by atoms with van der Waals surface area (Å²) < 4.78 is 62.7. The van der Waals surface area contributed by atoms with Crippen LogP contribution in [0.3, 0.4) is 0 Å². The summed E-state index contributed by atoms with van der Waals surface area (Å²) in [5, 5.41) is 34.1. The lowest BCUT2D eigenvalue weighted by molar-refractivity contribution is -0.140. The molecule has 0 saturated heterocycles. The van der Waals surface area contributed by atoms with Crippen LogP contribution in [0.25, 0.3) is 0 Å². The normalized spacial score (nSPS) is 17.4. The zero-order chi connectivity index (χ0) is 20.0. The summed E-state index contributed by atoms with van der Waals surface area (Å²) in [7, 11) is -9.85. The SMILES string of the molecule is O=C(O)CC(O)C(CNCC(C(O)CC(=O)O)S(=O)(=O)O)S(=O)(=O)O. The van der Waals surface area contributed by atoms with E-state index in [1.807, 2.05) is 0 Å². The van der Waals surface area contributed by atoms with Gasteiger partial charge in [-0.05, 0) is 0 Å². The van der Waals surface area contributed by atoms with Gasteiger partial charge in [-0.15, -0.1) is 0 Å². The summed E-state index contributed by atoms with van der Waals surface area (Å²) >= 11 is 0. The molecule has 0 aliphatic heterocycles. The summed E-state index contributed by atoms with van der Waals surface area (Å²) in [5.74, 6) is -3.12. The number of rotatable bonds is 12. The van der Waals surface area contributed by atoms with Crippen molar-refractivity contribution in [1.82, 2.24) is 5.32 Å². The van der Waals surface area contributed by atoms with Gasteiger partial charge in [-0.1, -0.05) is 0 Å². The zero-order valence-electron chi connectivity index (χ0n) is 12.6. The van der Waals surface area contributed by atoms with E-state index in [4.69, 9.17) is 19.3 Å². The predicted octanol–water partition coefficient (Wildman–Crippen LogP) is -3.24. The smallest absolute Gasteiger partial charge is 0.306 e. The number of aliphatic hydroxyl groups is 2. The van der Waals surface area contributed by atoms with Gasteiger partial charge in [-0.3, -0.25) is 18.7 Å². The molecule has 25 heavy (non-hydrogen) atoms. The van der Waals surface area contributed by atoms with E-state index in [-0.39, 0.29) is 0 Å². The number of aliphatic hydroxyl groups excluding tert-OH is 2. The largest absolute Gasteiger partial charge is 0.481 e. The number of hydrogen-bond acceptors (Lipinski definition) is 9. The highest BCUT2D eigenvalue weighted by Gasteiger charge is 2.35. The monoisotopic (exact) mass is 409 g/mol. The van der Waals surface area contributed by atoms with Gasteiger partial charge in [-0.2, -0.15) is 16.8 Å². The van der Waals surface area contributed by atoms with Crippen molar-refractivity contribution in [1.29, 1.82) is 0 Å². The van der Waals surface area contributed by atoms with Crippen LogP contribution in [0.5, 0.6) is 0 Å². The van der Waals surface area contributed by atoms with Crippen LogP contribution < -0.4 is 5.32 Å². The molecule has 15 heteroatoms. The highest BCUT2D eigenvalue weighted by molar-refractivity contribution is 7.86. The van der Waals surface area contributed by atoms with Crippen molar-refractivity contribution >= 4 is 32.2 Å². The lowest BCUT2D eigenvalue weighted by Crippen LogP contribution is -2.48. The van der Waals surface area contributed by atoms with Crippen LogP contribution in [0.2, 0.25) is 0 Å². The van der Waals surface area contributed by atoms with Gasteiger partial charge < -0.3 is 25.7 Å². The van der Waals surface area contributed by atoms with E-state index in [0.717, 1.165) is 0 Å². The molecule has 7 N–H and O–H groups in total. The number of hydrogen-bond donors (Lipinski definition) is 7. The van der Waals surface area contributed by atoms with Crippen molar-refractivity contribution in [2.45, 2.75) is 35.5 Å². The van der Waals surface area contributed by atoms with Gasteiger partial charge in [0.15, 0.2) is 0 Å². The Hall–Kier alpha value is -1.36. The molecule has 148 valence electrons. The Morgan fingerprint density at radius 1 is 0.760 bits per heavy atom. The lowest BCUT2D eigenvalue weighted by Gasteiger charge is -2.22. The first-order chi connectivity index (χ1) is 11.2. The van der Waals surface area contributed by atoms with E-state index in [2.05, 4.69) is 5.32 Å². The Labute approximate surface area is 142 Å². The quantitative estimate of drug-likeness (QED) is 0.157. The number of nitrogens with one attached hydrogen (secondary N) is 1. The average molecular weight is 409 g/mol. The maximum absolute atomic E-state index is 11.2. The van der Waals surface area contributed by atoms with Crippen molar-refractivity contribution in [3.8, 4) is 0 Å². The first kappa shape index (κ1) is 23.6. The minimum Gasteiger partial charge on any atom is -0.481 e. The van der Waals surface area contributed by atoms with Crippen LogP contribution >= 0.6 is 0 Å². The van der Waals surface area contributed by atoms with Crippen molar-refractivity contribution < 1.29 is 56.0 Å². The predicted molar refractivity (Wildman–Crippen MR) is 80.1 cm³/mol. The van der Waals surface area contributed by atoms with Crippen molar-refractivity contribution in [3.05, 3.63) is 0 Å². The third-order valence-corrected chi connectivity index (χ3v) is 5.57. The highest BCUT2D eigenvalue weighted by atomic mass is 32.2. The van der Waals surface area contributed by atoms with Gasteiger partial charge in [0.25, 0.3) is 20.2 Å². The molecule has 0 bridgehead atoms. The summed E-state index contributed by atoms with van der Waals surface area (Å²) in [6.45, 7) is -1.67. The topological polar surface area (TPSA) is 236 Å². The maximum atomic E-state index is 11.2. The summed E-state index contributed by atoms with van der Waals surface area (Å²) in [6, 6.07) is 0. The third-order valence-electron chi connectivity index (χ3n) is 3.08. The second kappa shape index (κ2) is 9.37. The van der Waals surface area contributed by atoms with Gasteiger partial charge in [0.1, 0.15) is 10.5 Å². The first-order valence-electron chi connectivity index (χ1n) is 6.59. The molecule has 0 aliphatic carbocycles. The summed E-state index contributed by atoms with van der Waals surface area (Å²) in [6.07, 6.45) is -6.13.